The lowest BCUT2D eigenvalue weighted by Crippen LogP contribution is -2.61. The summed E-state index contributed by atoms with van der Waals surface area (Å²) < 4.78 is 36.3. The molecule has 1 rings (SSSR count). The highest BCUT2D eigenvalue weighted by Crippen LogP contribution is 2.17. The lowest BCUT2D eigenvalue weighted by Gasteiger charge is -2.38. The smallest absolute Gasteiger partial charge is 0.394 e. The van der Waals surface area contributed by atoms with Crippen molar-refractivity contribution in [3.05, 3.63) is 0 Å². The highest BCUT2D eigenvalue weighted by atomic mass is 32.3. The number of ether oxygens (including phenoxy) is 1. The van der Waals surface area contributed by atoms with E-state index in [0.29, 0.717) is 0 Å². The molecule has 0 saturated carbocycles. The van der Waals surface area contributed by atoms with Gasteiger partial charge in [0.15, 0.2) is 6.29 Å². The van der Waals surface area contributed by atoms with E-state index in [-0.39, 0.29) is 0 Å². The maximum Gasteiger partial charge on any atom is 0.394 e. The third kappa shape index (κ3) is 6.21. The van der Waals surface area contributed by atoms with E-state index >= 15 is 0 Å². The van der Waals surface area contributed by atoms with Crippen molar-refractivity contribution in [1.82, 2.24) is 0 Å². The number of aliphatic hydroxyl groups is 4. The lowest BCUT2D eigenvalue weighted by atomic mass is 9.98. The van der Waals surface area contributed by atoms with Crippen LogP contribution in [0.1, 0.15) is 0 Å². The first-order valence-corrected chi connectivity index (χ1v) is 5.73. The molecule has 1 heterocycles. The molecule has 11 heteroatoms. The Morgan fingerprint density at radius 2 is 1.53 bits per heavy atom. The van der Waals surface area contributed by atoms with Crippen molar-refractivity contribution in [3.63, 3.8) is 0 Å². The molecule has 10 nitrogen and oxygen atoms in total. The Balaban J connectivity index is 0.000000437. The van der Waals surface area contributed by atoms with Crippen LogP contribution in [0.4, 0.5) is 0 Å². The summed E-state index contributed by atoms with van der Waals surface area (Å²) >= 11 is 0. The van der Waals surface area contributed by atoms with Gasteiger partial charge < -0.3 is 30.9 Å². The fourth-order valence-corrected chi connectivity index (χ4v) is 1.12. The van der Waals surface area contributed by atoms with E-state index in [1.54, 1.807) is 0 Å². The van der Waals surface area contributed by atoms with Crippen LogP contribution in [0, 0.1) is 0 Å². The molecular formula is C6H15NO9S. The van der Waals surface area contributed by atoms with Crippen molar-refractivity contribution in [2.24, 2.45) is 5.73 Å². The van der Waals surface area contributed by atoms with E-state index in [2.05, 4.69) is 0 Å². The second kappa shape index (κ2) is 6.53. The van der Waals surface area contributed by atoms with Crippen LogP contribution in [0.5, 0.6) is 0 Å². The molecule has 1 saturated heterocycles. The van der Waals surface area contributed by atoms with Crippen molar-refractivity contribution >= 4 is 10.4 Å². The van der Waals surface area contributed by atoms with Gasteiger partial charge in [0.2, 0.25) is 0 Å². The third-order valence-corrected chi connectivity index (χ3v) is 1.95. The van der Waals surface area contributed by atoms with Gasteiger partial charge in [0.05, 0.1) is 12.6 Å². The fraction of sp³-hybridized carbons (Fsp3) is 1.00. The van der Waals surface area contributed by atoms with Crippen LogP contribution in [-0.4, -0.2) is 75.2 Å². The number of hydrogen-bond acceptors (Lipinski definition) is 8. The highest BCUT2D eigenvalue weighted by molar-refractivity contribution is 7.79. The van der Waals surface area contributed by atoms with E-state index in [4.69, 9.17) is 38.2 Å². The molecule has 0 aromatic heterocycles. The zero-order valence-electron chi connectivity index (χ0n) is 8.49. The molecule has 0 aromatic rings. The predicted octanol–water partition coefficient (Wildman–Crippen LogP) is -3.91. The zero-order chi connectivity index (χ0) is 13.8. The monoisotopic (exact) mass is 277 g/mol. The van der Waals surface area contributed by atoms with Gasteiger partial charge in [-0.3, -0.25) is 9.11 Å². The fourth-order valence-electron chi connectivity index (χ4n) is 1.12. The minimum absolute atomic E-state index is 0.470. The first-order chi connectivity index (χ1) is 7.57. The average molecular weight is 277 g/mol. The molecule has 104 valence electrons. The summed E-state index contributed by atoms with van der Waals surface area (Å²) in [7, 11) is -4.67. The predicted molar refractivity (Wildman–Crippen MR) is 52.1 cm³/mol. The Morgan fingerprint density at radius 3 is 1.88 bits per heavy atom. The summed E-state index contributed by atoms with van der Waals surface area (Å²) in [5.41, 5.74) is 5.26. The topological polar surface area (TPSA) is 191 Å². The van der Waals surface area contributed by atoms with Gasteiger partial charge in [-0.25, -0.2) is 0 Å². The molecule has 1 aliphatic heterocycles. The van der Waals surface area contributed by atoms with Gasteiger partial charge in [0, 0.05) is 0 Å². The molecule has 1 fully saturated rings. The van der Waals surface area contributed by atoms with Crippen molar-refractivity contribution in [2.75, 3.05) is 6.61 Å². The van der Waals surface area contributed by atoms with Gasteiger partial charge in [-0.2, -0.15) is 8.42 Å². The van der Waals surface area contributed by atoms with E-state index in [1.165, 1.54) is 0 Å². The first-order valence-electron chi connectivity index (χ1n) is 4.34. The average Bonchev–Trinajstić information content (AvgIpc) is 2.18. The Hall–Kier alpha value is -0.370. The van der Waals surface area contributed by atoms with Crippen molar-refractivity contribution in [2.45, 2.75) is 30.6 Å². The van der Waals surface area contributed by atoms with Crippen LogP contribution < -0.4 is 5.73 Å². The van der Waals surface area contributed by atoms with Crippen molar-refractivity contribution in [1.29, 1.82) is 0 Å². The van der Waals surface area contributed by atoms with Gasteiger partial charge in [-0.15, -0.1) is 0 Å². The molecule has 0 aromatic carbocycles. The zero-order valence-corrected chi connectivity index (χ0v) is 9.30. The minimum atomic E-state index is -4.67. The first kappa shape index (κ1) is 16.6. The van der Waals surface area contributed by atoms with E-state index in [0.717, 1.165) is 0 Å². The van der Waals surface area contributed by atoms with Crippen LogP contribution >= 0.6 is 0 Å². The molecule has 0 bridgehead atoms. The number of hydrogen-bond donors (Lipinski definition) is 7. The van der Waals surface area contributed by atoms with Gasteiger partial charge >= 0.3 is 10.4 Å². The number of nitrogens with two attached hydrogens (primary N) is 1. The summed E-state index contributed by atoms with van der Waals surface area (Å²) in [6, 6.07) is -1.04. The van der Waals surface area contributed by atoms with Crippen LogP contribution in [-0.2, 0) is 15.1 Å². The Bertz CT molecular complexity index is 307. The van der Waals surface area contributed by atoms with E-state index < -0.39 is 47.6 Å². The standard InChI is InChI=1S/C6H13NO5.H2O4S/c7-3-5(10)4(9)2(1-8)12-6(3)11;1-5(2,3)4/h2-6,8-11H,1,7H2;(H2,1,2,3,4)/t2-,3-,4+,5-,6?;/m1./s1. The molecule has 8 N–H and O–H groups in total. The Kier molecular flexibility index (Phi) is 6.39. The quantitative estimate of drug-likeness (QED) is 0.233. The molecule has 0 spiro atoms. The molecule has 1 unspecified atom stereocenters. The Morgan fingerprint density at radius 1 is 1.12 bits per heavy atom. The summed E-state index contributed by atoms with van der Waals surface area (Å²) in [5, 5.41) is 36.1. The second-order valence-corrected chi connectivity index (χ2v) is 4.15. The third-order valence-electron chi connectivity index (χ3n) is 1.95. The van der Waals surface area contributed by atoms with Gasteiger partial charge in [-0.1, -0.05) is 0 Å². The van der Waals surface area contributed by atoms with Gasteiger partial charge in [0.25, 0.3) is 0 Å². The van der Waals surface area contributed by atoms with E-state index in [1.807, 2.05) is 0 Å². The molecule has 0 amide bonds. The second-order valence-electron chi connectivity index (χ2n) is 3.25. The summed E-state index contributed by atoms with van der Waals surface area (Å²) in [5.74, 6) is 0. The van der Waals surface area contributed by atoms with Gasteiger partial charge in [-0.05, 0) is 0 Å². The lowest BCUT2D eigenvalue weighted by molar-refractivity contribution is -0.248. The van der Waals surface area contributed by atoms with Crippen molar-refractivity contribution in [3.8, 4) is 0 Å². The van der Waals surface area contributed by atoms with Gasteiger partial charge in [0.1, 0.15) is 18.3 Å². The maximum atomic E-state index is 9.20. The molecule has 5 atom stereocenters. The normalized spacial score (nSPS) is 38.2. The van der Waals surface area contributed by atoms with Crippen LogP contribution in [0.25, 0.3) is 0 Å². The Labute approximate surface area is 96.8 Å². The molecule has 17 heavy (non-hydrogen) atoms. The highest BCUT2D eigenvalue weighted by Gasteiger charge is 2.41. The molecule has 0 radical (unpaired) electrons. The maximum absolute atomic E-state index is 9.20. The molecular weight excluding hydrogens is 262 g/mol. The minimum Gasteiger partial charge on any atom is -0.394 e. The molecule has 0 aliphatic carbocycles. The van der Waals surface area contributed by atoms with E-state index in [9.17, 15) is 10.2 Å². The largest absolute Gasteiger partial charge is 0.394 e. The molecule has 1 aliphatic rings. The summed E-state index contributed by atoms with van der Waals surface area (Å²) in [6.45, 7) is -0.470. The summed E-state index contributed by atoms with van der Waals surface area (Å²) in [6.07, 6.45) is -4.85. The van der Waals surface area contributed by atoms with Crippen LogP contribution in [0.3, 0.4) is 0 Å². The van der Waals surface area contributed by atoms with Crippen LogP contribution in [0.2, 0.25) is 0 Å². The van der Waals surface area contributed by atoms with Crippen LogP contribution in [0.15, 0.2) is 0 Å². The number of aliphatic hydroxyl groups excluding tert-OH is 4. The SMILES string of the molecule is N[C@H]1C(O)O[C@H](CO)[C@H](O)[C@@H]1O.O=S(=O)(O)O. The van der Waals surface area contributed by atoms with Crippen molar-refractivity contribution < 1.29 is 42.7 Å². The number of rotatable bonds is 1. The summed E-state index contributed by atoms with van der Waals surface area (Å²) in [4.78, 5) is 0.